The Labute approximate surface area is 103 Å². The highest BCUT2D eigenvalue weighted by atomic mass is 15.2. The minimum atomic E-state index is 1.05. The highest BCUT2D eigenvalue weighted by Gasteiger charge is 2.15. The number of hydrogen-bond acceptors (Lipinski definition) is 3. The predicted molar refractivity (Wildman–Crippen MR) is 70.0 cm³/mol. The van der Waals surface area contributed by atoms with Gasteiger partial charge in [0.25, 0.3) is 0 Å². The van der Waals surface area contributed by atoms with Crippen LogP contribution in [0.1, 0.15) is 16.7 Å². The van der Waals surface area contributed by atoms with E-state index in [1.807, 2.05) is 0 Å². The number of hydrogen-bond donors (Lipinski definition) is 2. The van der Waals surface area contributed by atoms with E-state index in [-0.39, 0.29) is 0 Å². The molecule has 2 aliphatic rings. The van der Waals surface area contributed by atoms with E-state index in [9.17, 15) is 0 Å². The van der Waals surface area contributed by atoms with Crippen molar-refractivity contribution in [3.8, 4) is 0 Å². The second-order valence-electron chi connectivity index (χ2n) is 5.01. The largest absolute Gasteiger partial charge is 0.314 e. The van der Waals surface area contributed by atoms with Crippen LogP contribution < -0.4 is 10.6 Å². The van der Waals surface area contributed by atoms with Gasteiger partial charge in [0.15, 0.2) is 0 Å². The number of nitrogens with one attached hydrogen (secondary N) is 2. The molecule has 0 unspecified atom stereocenters. The van der Waals surface area contributed by atoms with Gasteiger partial charge in [0.2, 0.25) is 0 Å². The van der Waals surface area contributed by atoms with Gasteiger partial charge < -0.3 is 10.6 Å². The first-order valence-corrected chi connectivity index (χ1v) is 6.67. The molecule has 1 aromatic carbocycles. The van der Waals surface area contributed by atoms with Gasteiger partial charge in [-0.3, -0.25) is 4.90 Å². The second kappa shape index (κ2) is 5.17. The van der Waals surface area contributed by atoms with Crippen LogP contribution >= 0.6 is 0 Å². The predicted octanol–water partition coefficient (Wildman–Crippen LogP) is 0.737. The van der Waals surface area contributed by atoms with E-state index >= 15 is 0 Å². The lowest BCUT2D eigenvalue weighted by Gasteiger charge is -2.29. The number of rotatable bonds is 2. The van der Waals surface area contributed by atoms with Crippen LogP contribution in [0.5, 0.6) is 0 Å². The SMILES string of the molecule is c1cc2c(c(CN3CCNCC3)c1)CNCC2. The number of piperazine rings is 1. The molecule has 92 valence electrons. The van der Waals surface area contributed by atoms with Crippen molar-refractivity contribution >= 4 is 0 Å². The zero-order chi connectivity index (χ0) is 11.5. The Morgan fingerprint density at radius 3 is 2.82 bits per heavy atom. The zero-order valence-electron chi connectivity index (χ0n) is 10.3. The average molecular weight is 231 g/mol. The van der Waals surface area contributed by atoms with E-state index in [1.54, 1.807) is 11.1 Å². The van der Waals surface area contributed by atoms with Crippen LogP contribution in [0.15, 0.2) is 18.2 Å². The molecule has 0 atom stereocenters. The molecule has 0 spiro atoms. The molecule has 2 N–H and O–H groups in total. The molecule has 2 aliphatic heterocycles. The van der Waals surface area contributed by atoms with E-state index < -0.39 is 0 Å². The van der Waals surface area contributed by atoms with Crippen molar-refractivity contribution in [3.05, 3.63) is 34.9 Å². The van der Waals surface area contributed by atoms with Crippen LogP contribution in [0, 0.1) is 0 Å². The summed E-state index contributed by atoms with van der Waals surface area (Å²) in [6.07, 6.45) is 1.19. The fourth-order valence-corrected chi connectivity index (χ4v) is 2.84. The molecule has 3 nitrogen and oxygen atoms in total. The molecule has 17 heavy (non-hydrogen) atoms. The maximum atomic E-state index is 3.49. The van der Waals surface area contributed by atoms with E-state index in [2.05, 4.69) is 33.7 Å². The summed E-state index contributed by atoms with van der Waals surface area (Å²) in [6, 6.07) is 6.81. The van der Waals surface area contributed by atoms with Gasteiger partial charge in [0.1, 0.15) is 0 Å². The molecule has 3 rings (SSSR count). The minimum Gasteiger partial charge on any atom is -0.314 e. The highest BCUT2D eigenvalue weighted by molar-refractivity contribution is 5.36. The summed E-state index contributed by atoms with van der Waals surface area (Å²) in [5, 5.41) is 6.90. The Balaban J connectivity index is 1.77. The smallest absolute Gasteiger partial charge is 0.0238 e. The lowest BCUT2D eigenvalue weighted by Crippen LogP contribution is -2.43. The maximum absolute atomic E-state index is 3.49. The summed E-state index contributed by atoms with van der Waals surface area (Å²) >= 11 is 0. The van der Waals surface area contributed by atoms with Gasteiger partial charge >= 0.3 is 0 Å². The first-order chi connectivity index (χ1) is 8.43. The Bertz CT molecular complexity index is 383. The van der Waals surface area contributed by atoms with Gasteiger partial charge in [0, 0.05) is 39.3 Å². The van der Waals surface area contributed by atoms with E-state index in [4.69, 9.17) is 0 Å². The summed E-state index contributed by atoms with van der Waals surface area (Å²) in [4.78, 5) is 2.56. The third-order valence-corrected chi connectivity index (χ3v) is 3.85. The molecular weight excluding hydrogens is 210 g/mol. The lowest BCUT2D eigenvalue weighted by molar-refractivity contribution is 0.232. The van der Waals surface area contributed by atoms with Crippen molar-refractivity contribution in [2.24, 2.45) is 0 Å². The normalized spacial score (nSPS) is 21.2. The molecule has 1 saturated heterocycles. The summed E-state index contributed by atoms with van der Waals surface area (Å²) < 4.78 is 0. The lowest BCUT2D eigenvalue weighted by atomic mass is 9.95. The van der Waals surface area contributed by atoms with Crippen LogP contribution in [0.3, 0.4) is 0 Å². The fraction of sp³-hybridized carbons (Fsp3) is 0.571. The molecule has 0 aromatic heterocycles. The van der Waals surface area contributed by atoms with Crippen LogP contribution in [0.25, 0.3) is 0 Å². The van der Waals surface area contributed by atoms with Gasteiger partial charge in [-0.15, -0.1) is 0 Å². The van der Waals surface area contributed by atoms with E-state index in [0.717, 1.165) is 32.7 Å². The van der Waals surface area contributed by atoms with Gasteiger partial charge in [0.05, 0.1) is 0 Å². The second-order valence-corrected chi connectivity index (χ2v) is 5.01. The summed E-state index contributed by atoms with van der Waals surface area (Å²) in [5.74, 6) is 0. The highest BCUT2D eigenvalue weighted by Crippen LogP contribution is 2.20. The van der Waals surface area contributed by atoms with Gasteiger partial charge in [-0.25, -0.2) is 0 Å². The first-order valence-electron chi connectivity index (χ1n) is 6.67. The number of fused-ring (bicyclic) bond motifs is 1. The minimum absolute atomic E-state index is 1.05. The quantitative estimate of drug-likeness (QED) is 0.786. The van der Waals surface area contributed by atoms with Crippen molar-refractivity contribution in [1.29, 1.82) is 0 Å². The Morgan fingerprint density at radius 2 is 1.94 bits per heavy atom. The molecule has 1 aromatic rings. The summed E-state index contributed by atoms with van der Waals surface area (Å²) in [6.45, 7) is 7.92. The molecule has 3 heteroatoms. The average Bonchev–Trinajstić information content (AvgIpc) is 2.40. The zero-order valence-corrected chi connectivity index (χ0v) is 10.3. The van der Waals surface area contributed by atoms with E-state index in [0.29, 0.717) is 0 Å². The van der Waals surface area contributed by atoms with Crippen molar-refractivity contribution < 1.29 is 0 Å². The van der Waals surface area contributed by atoms with Crippen molar-refractivity contribution in [2.45, 2.75) is 19.5 Å². The topological polar surface area (TPSA) is 27.3 Å². The van der Waals surface area contributed by atoms with Crippen LogP contribution in [0.2, 0.25) is 0 Å². The number of benzene rings is 1. The molecule has 1 fully saturated rings. The van der Waals surface area contributed by atoms with E-state index in [1.165, 1.54) is 25.1 Å². The molecular formula is C14H21N3. The maximum Gasteiger partial charge on any atom is 0.0238 e. The van der Waals surface area contributed by atoms with Crippen LogP contribution in [-0.4, -0.2) is 37.6 Å². The molecule has 0 bridgehead atoms. The fourth-order valence-electron chi connectivity index (χ4n) is 2.84. The summed E-state index contributed by atoms with van der Waals surface area (Å²) in [7, 11) is 0. The monoisotopic (exact) mass is 231 g/mol. The van der Waals surface area contributed by atoms with Crippen LogP contribution in [0.4, 0.5) is 0 Å². The van der Waals surface area contributed by atoms with Crippen molar-refractivity contribution in [3.63, 3.8) is 0 Å². The molecule has 0 amide bonds. The third-order valence-electron chi connectivity index (χ3n) is 3.85. The molecule has 0 aliphatic carbocycles. The molecule has 2 heterocycles. The molecule has 0 radical (unpaired) electrons. The van der Waals surface area contributed by atoms with Crippen molar-refractivity contribution in [1.82, 2.24) is 15.5 Å². The number of nitrogens with zero attached hydrogens (tertiary/aromatic N) is 1. The molecule has 0 saturated carbocycles. The van der Waals surface area contributed by atoms with Crippen LogP contribution in [-0.2, 0) is 19.5 Å². The summed E-state index contributed by atoms with van der Waals surface area (Å²) in [5.41, 5.74) is 4.63. The van der Waals surface area contributed by atoms with Gasteiger partial charge in [-0.05, 0) is 29.7 Å². The third kappa shape index (κ3) is 2.51. The standard InChI is InChI=1S/C14H21N3/c1-2-12-4-5-16-10-14(12)13(3-1)11-17-8-6-15-7-9-17/h1-3,15-16H,4-11H2. The van der Waals surface area contributed by atoms with Gasteiger partial charge in [-0.1, -0.05) is 18.2 Å². The Hall–Kier alpha value is -0.900. The first kappa shape index (κ1) is 11.2. The van der Waals surface area contributed by atoms with Crippen molar-refractivity contribution in [2.75, 3.05) is 32.7 Å². The van der Waals surface area contributed by atoms with Gasteiger partial charge in [-0.2, -0.15) is 0 Å². The Kier molecular flexibility index (Phi) is 3.41. The Morgan fingerprint density at radius 1 is 1.06 bits per heavy atom.